The predicted molar refractivity (Wildman–Crippen MR) is 86.4 cm³/mol. The van der Waals surface area contributed by atoms with Crippen molar-refractivity contribution in [1.29, 1.82) is 0 Å². The fourth-order valence-electron chi connectivity index (χ4n) is 2.74. The van der Waals surface area contributed by atoms with E-state index in [0.29, 0.717) is 0 Å². The Labute approximate surface area is 120 Å². The molecule has 0 unspecified atom stereocenters. The molecule has 1 aliphatic rings. The van der Waals surface area contributed by atoms with Gasteiger partial charge in [0, 0.05) is 32.4 Å². The molecule has 3 rings (SSSR count). The van der Waals surface area contributed by atoms with E-state index >= 15 is 0 Å². The highest BCUT2D eigenvalue weighted by atomic mass is 15.2. The van der Waals surface area contributed by atoms with Crippen molar-refractivity contribution in [2.24, 2.45) is 0 Å². The van der Waals surface area contributed by atoms with Crippen molar-refractivity contribution in [1.82, 2.24) is 0 Å². The zero-order valence-corrected chi connectivity index (χ0v) is 12.1. The molecule has 1 heterocycles. The smallest absolute Gasteiger partial charge is 0.0607 e. The van der Waals surface area contributed by atoms with Crippen molar-refractivity contribution in [3.8, 4) is 0 Å². The Morgan fingerprint density at radius 3 is 2.55 bits per heavy atom. The third-order valence-electron chi connectivity index (χ3n) is 4.06. The Hall–Kier alpha value is -2.16. The summed E-state index contributed by atoms with van der Waals surface area (Å²) in [5.41, 5.74) is 11.9. The molecule has 1 aliphatic heterocycles. The van der Waals surface area contributed by atoms with E-state index in [2.05, 4.69) is 59.3 Å². The zero-order valence-electron chi connectivity index (χ0n) is 12.1. The van der Waals surface area contributed by atoms with Crippen LogP contribution in [0.1, 0.15) is 11.1 Å². The standard InChI is InChI=1S/C17H21N3/c1-13-7-8-14(11-15(13)18)12-20-10-9-19(2)16-5-3-4-6-17(16)20/h3-8,11H,9-10,12,18H2,1-2H3. The average Bonchev–Trinajstić information content (AvgIpc) is 2.46. The number of rotatable bonds is 2. The summed E-state index contributed by atoms with van der Waals surface area (Å²) >= 11 is 0. The van der Waals surface area contributed by atoms with Crippen molar-refractivity contribution in [3.63, 3.8) is 0 Å². The van der Waals surface area contributed by atoms with Crippen LogP contribution in [-0.4, -0.2) is 20.1 Å². The van der Waals surface area contributed by atoms with Crippen LogP contribution in [0.4, 0.5) is 17.1 Å². The summed E-state index contributed by atoms with van der Waals surface area (Å²) < 4.78 is 0. The number of anilines is 3. The number of nitrogens with two attached hydrogens (primary N) is 1. The van der Waals surface area contributed by atoms with Crippen LogP contribution in [0.5, 0.6) is 0 Å². The molecule has 0 spiro atoms. The molecule has 2 aromatic carbocycles. The third-order valence-corrected chi connectivity index (χ3v) is 4.06. The van der Waals surface area contributed by atoms with Gasteiger partial charge in [0.05, 0.1) is 11.4 Å². The van der Waals surface area contributed by atoms with E-state index < -0.39 is 0 Å². The fourth-order valence-corrected chi connectivity index (χ4v) is 2.74. The van der Waals surface area contributed by atoms with Gasteiger partial charge in [-0.05, 0) is 36.2 Å². The number of hydrogen-bond acceptors (Lipinski definition) is 3. The molecule has 0 bridgehead atoms. The normalized spacial score (nSPS) is 14.3. The molecule has 0 aromatic heterocycles. The molecule has 0 aliphatic carbocycles. The number of likely N-dealkylation sites (N-methyl/N-ethyl adjacent to an activating group) is 1. The molecule has 0 fully saturated rings. The van der Waals surface area contributed by atoms with Crippen molar-refractivity contribution in [3.05, 3.63) is 53.6 Å². The molecular weight excluding hydrogens is 246 g/mol. The first-order valence-corrected chi connectivity index (χ1v) is 7.05. The van der Waals surface area contributed by atoms with Gasteiger partial charge in [-0.15, -0.1) is 0 Å². The van der Waals surface area contributed by atoms with Crippen LogP contribution in [0.25, 0.3) is 0 Å². The maximum absolute atomic E-state index is 6.02. The van der Waals surface area contributed by atoms with Crippen LogP contribution in [0, 0.1) is 6.92 Å². The van der Waals surface area contributed by atoms with E-state index in [4.69, 9.17) is 5.73 Å². The molecule has 3 heteroatoms. The number of hydrogen-bond donors (Lipinski definition) is 1. The number of fused-ring (bicyclic) bond motifs is 1. The molecular formula is C17H21N3. The molecule has 0 amide bonds. The lowest BCUT2D eigenvalue weighted by molar-refractivity contribution is 0.735. The van der Waals surface area contributed by atoms with Crippen LogP contribution in [-0.2, 0) is 6.54 Å². The number of aryl methyl sites for hydroxylation is 1. The first-order valence-electron chi connectivity index (χ1n) is 7.05. The Balaban J connectivity index is 1.88. The monoisotopic (exact) mass is 267 g/mol. The highest BCUT2D eigenvalue weighted by Crippen LogP contribution is 2.32. The molecule has 3 nitrogen and oxygen atoms in total. The number of nitrogen functional groups attached to an aromatic ring is 1. The quantitative estimate of drug-likeness (QED) is 0.849. The second kappa shape index (κ2) is 5.08. The van der Waals surface area contributed by atoms with E-state index in [9.17, 15) is 0 Å². The highest BCUT2D eigenvalue weighted by molar-refractivity contribution is 5.73. The van der Waals surface area contributed by atoms with E-state index in [1.807, 2.05) is 6.92 Å². The van der Waals surface area contributed by atoms with Gasteiger partial charge in [-0.2, -0.15) is 0 Å². The molecule has 0 radical (unpaired) electrons. The van der Waals surface area contributed by atoms with E-state index in [1.54, 1.807) is 0 Å². The number of nitrogens with zero attached hydrogens (tertiary/aromatic N) is 2. The second-order valence-electron chi connectivity index (χ2n) is 5.52. The Bertz CT molecular complexity index is 621. The summed E-state index contributed by atoms with van der Waals surface area (Å²) in [6.07, 6.45) is 0. The van der Waals surface area contributed by atoms with Crippen LogP contribution < -0.4 is 15.5 Å². The lowest BCUT2D eigenvalue weighted by Crippen LogP contribution is -2.38. The summed E-state index contributed by atoms with van der Waals surface area (Å²) in [6.45, 7) is 5.05. The summed E-state index contributed by atoms with van der Waals surface area (Å²) in [6, 6.07) is 15.0. The third kappa shape index (κ3) is 2.31. The van der Waals surface area contributed by atoms with E-state index in [1.165, 1.54) is 16.9 Å². The summed E-state index contributed by atoms with van der Waals surface area (Å²) in [7, 11) is 2.15. The summed E-state index contributed by atoms with van der Waals surface area (Å²) in [5.74, 6) is 0. The lowest BCUT2D eigenvalue weighted by Gasteiger charge is -2.37. The highest BCUT2D eigenvalue weighted by Gasteiger charge is 2.19. The SMILES string of the molecule is Cc1ccc(CN2CCN(C)c3ccccc32)cc1N. The minimum absolute atomic E-state index is 0.880. The van der Waals surface area contributed by atoms with Crippen molar-refractivity contribution in [2.75, 3.05) is 35.7 Å². The Morgan fingerprint density at radius 1 is 1.05 bits per heavy atom. The van der Waals surface area contributed by atoms with Crippen LogP contribution >= 0.6 is 0 Å². The lowest BCUT2D eigenvalue weighted by atomic mass is 10.1. The van der Waals surface area contributed by atoms with Crippen LogP contribution in [0.3, 0.4) is 0 Å². The van der Waals surface area contributed by atoms with Crippen LogP contribution in [0.2, 0.25) is 0 Å². The first-order chi connectivity index (χ1) is 9.65. The van der Waals surface area contributed by atoms with Gasteiger partial charge in [-0.3, -0.25) is 0 Å². The van der Waals surface area contributed by atoms with Gasteiger partial charge in [-0.25, -0.2) is 0 Å². The van der Waals surface area contributed by atoms with Gasteiger partial charge in [0.1, 0.15) is 0 Å². The Kier molecular flexibility index (Phi) is 3.26. The molecule has 0 saturated heterocycles. The molecule has 0 atom stereocenters. The van der Waals surface area contributed by atoms with Gasteiger partial charge < -0.3 is 15.5 Å². The average molecular weight is 267 g/mol. The van der Waals surface area contributed by atoms with Gasteiger partial charge >= 0.3 is 0 Å². The second-order valence-corrected chi connectivity index (χ2v) is 5.52. The fraction of sp³-hybridized carbons (Fsp3) is 0.294. The van der Waals surface area contributed by atoms with E-state index in [0.717, 1.165) is 30.9 Å². The minimum atomic E-state index is 0.880. The topological polar surface area (TPSA) is 32.5 Å². The molecule has 2 aromatic rings. The van der Waals surface area contributed by atoms with Gasteiger partial charge in [-0.1, -0.05) is 24.3 Å². The van der Waals surface area contributed by atoms with Crippen LogP contribution in [0.15, 0.2) is 42.5 Å². The molecule has 2 N–H and O–H groups in total. The molecule has 20 heavy (non-hydrogen) atoms. The van der Waals surface area contributed by atoms with Gasteiger partial charge in [0.2, 0.25) is 0 Å². The first kappa shape index (κ1) is 12.9. The largest absolute Gasteiger partial charge is 0.399 e. The summed E-state index contributed by atoms with van der Waals surface area (Å²) in [4.78, 5) is 4.74. The number of para-hydroxylation sites is 2. The Morgan fingerprint density at radius 2 is 1.80 bits per heavy atom. The van der Waals surface area contributed by atoms with Crippen molar-refractivity contribution >= 4 is 17.1 Å². The van der Waals surface area contributed by atoms with Gasteiger partial charge in [0.25, 0.3) is 0 Å². The predicted octanol–water partition coefficient (Wildman–Crippen LogP) is 3.03. The maximum Gasteiger partial charge on any atom is 0.0607 e. The molecule has 104 valence electrons. The van der Waals surface area contributed by atoms with Gasteiger partial charge in [0.15, 0.2) is 0 Å². The van der Waals surface area contributed by atoms with Crippen molar-refractivity contribution < 1.29 is 0 Å². The number of benzene rings is 2. The maximum atomic E-state index is 6.02. The van der Waals surface area contributed by atoms with Crippen molar-refractivity contribution in [2.45, 2.75) is 13.5 Å². The summed E-state index contributed by atoms with van der Waals surface area (Å²) in [5, 5.41) is 0. The van der Waals surface area contributed by atoms with E-state index in [-0.39, 0.29) is 0 Å². The zero-order chi connectivity index (χ0) is 14.1. The molecule has 0 saturated carbocycles. The minimum Gasteiger partial charge on any atom is -0.399 e.